The lowest BCUT2D eigenvalue weighted by atomic mass is 9.62. The highest BCUT2D eigenvalue weighted by Gasteiger charge is 2.52. The van der Waals surface area contributed by atoms with Gasteiger partial charge in [0.2, 0.25) is 0 Å². The molecule has 2 aromatic rings. The summed E-state index contributed by atoms with van der Waals surface area (Å²) in [6, 6.07) is 19.9. The first kappa shape index (κ1) is 16.6. The van der Waals surface area contributed by atoms with E-state index in [9.17, 15) is 0 Å². The Hall–Kier alpha value is -2.86. The number of hydrogen-bond donors (Lipinski definition) is 0. The van der Waals surface area contributed by atoms with Crippen LogP contribution in [0, 0.1) is 5.92 Å². The van der Waals surface area contributed by atoms with E-state index in [1.54, 1.807) is 0 Å². The molecule has 3 unspecified atom stereocenters. The molecule has 0 nitrogen and oxygen atoms in total. The minimum Gasteiger partial charge on any atom is -0.0991 e. The molecule has 0 heterocycles. The van der Waals surface area contributed by atoms with Crippen LogP contribution in [0.3, 0.4) is 0 Å². The summed E-state index contributed by atoms with van der Waals surface area (Å²) in [5.41, 5.74) is 5.34. The summed E-state index contributed by atoms with van der Waals surface area (Å²) < 4.78 is 0. The van der Waals surface area contributed by atoms with E-state index in [1.807, 2.05) is 6.08 Å². The smallest absolute Gasteiger partial charge is 0.0522 e. The van der Waals surface area contributed by atoms with Crippen LogP contribution in [0.2, 0.25) is 0 Å². The molecule has 0 radical (unpaired) electrons. The van der Waals surface area contributed by atoms with Crippen LogP contribution in [0.5, 0.6) is 0 Å². The molecule has 0 fully saturated rings. The predicted octanol–water partition coefficient (Wildman–Crippen LogP) is 6.50. The van der Waals surface area contributed by atoms with Crippen molar-refractivity contribution in [3.8, 4) is 0 Å². The minimum absolute atomic E-state index is 0.183. The molecule has 2 aromatic carbocycles. The summed E-state index contributed by atoms with van der Waals surface area (Å²) in [7, 11) is 0. The van der Waals surface area contributed by atoms with Gasteiger partial charge < -0.3 is 0 Å². The van der Waals surface area contributed by atoms with Crippen molar-refractivity contribution < 1.29 is 0 Å². The Morgan fingerprint density at radius 3 is 2.46 bits per heavy atom. The van der Waals surface area contributed by atoms with Crippen LogP contribution in [-0.4, -0.2) is 0 Å². The zero-order valence-electron chi connectivity index (χ0n) is 15.2. The van der Waals surface area contributed by atoms with E-state index in [0.29, 0.717) is 11.8 Å². The summed E-state index contributed by atoms with van der Waals surface area (Å²) in [6.45, 7) is 6.02. The van der Waals surface area contributed by atoms with Crippen molar-refractivity contribution >= 4 is 0 Å². The van der Waals surface area contributed by atoms with Crippen molar-refractivity contribution in [3.63, 3.8) is 0 Å². The molecule has 0 bridgehead atoms. The average Bonchev–Trinajstić information content (AvgIpc) is 3.01. The van der Waals surface area contributed by atoms with Gasteiger partial charge in [0.1, 0.15) is 0 Å². The molecule has 4 rings (SSSR count). The molecule has 3 atom stereocenters. The maximum Gasteiger partial charge on any atom is 0.0522 e. The highest BCUT2D eigenvalue weighted by atomic mass is 14.5. The fraction of sp³-hybridized carbons (Fsp3) is 0.154. The first-order valence-corrected chi connectivity index (χ1v) is 9.29. The van der Waals surface area contributed by atoms with Gasteiger partial charge in [-0.1, -0.05) is 110 Å². The van der Waals surface area contributed by atoms with Crippen LogP contribution in [0.15, 0.2) is 115 Å². The molecule has 0 N–H and O–H groups in total. The number of fused-ring (bicyclic) bond motifs is 3. The van der Waals surface area contributed by atoms with Crippen LogP contribution in [-0.2, 0) is 5.41 Å². The van der Waals surface area contributed by atoms with Crippen LogP contribution in [0.25, 0.3) is 0 Å². The molecular weight excluding hydrogens is 312 g/mol. The topological polar surface area (TPSA) is 0 Å². The number of rotatable bonds is 4. The first-order valence-electron chi connectivity index (χ1n) is 9.29. The number of benzene rings is 2. The molecule has 0 saturated heterocycles. The van der Waals surface area contributed by atoms with E-state index in [0.717, 1.165) is 0 Å². The van der Waals surface area contributed by atoms with Gasteiger partial charge in [-0.25, -0.2) is 0 Å². The molecule has 0 spiro atoms. The van der Waals surface area contributed by atoms with Crippen LogP contribution >= 0.6 is 0 Å². The highest BCUT2D eigenvalue weighted by Crippen LogP contribution is 2.59. The molecule has 128 valence electrons. The van der Waals surface area contributed by atoms with Gasteiger partial charge in [0.05, 0.1) is 5.41 Å². The first-order chi connectivity index (χ1) is 12.8. The zero-order valence-corrected chi connectivity index (χ0v) is 15.2. The van der Waals surface area contributed by atoms with Gasteiger partial charge >= 0.3 is 0 Å². The highest BCUT2D eigenvalue weighted by molar-refractivity contribution is 5.63. The van der Waals surface area contributed by atoms with Crippen molar-refractivity contribution in [2.24, 2.45) is 5.92 Å². The third kappa shape index (κ3) is 2.29. The standard InChI is InChI=1S/C26H24/c1-3-5-13-20(4-2)26(21-14-7-6-8-15-21)24-18-11-9-16-22(24)23-17-10-12-19-25(23)26/h3-19,22,24H,1H2,2H3/b13-5-,20-4+. The van der Waals surface area contributed by atoms with E-state index < -0.39 is 0 Å². The lowest BCUT2D eigenvalue weighted by molar-refractivity contribution is 0.455. The minimum atomic E-state index is -0.183. The molecule has 0 aliphatic heterocycles. The average molecular weight is 336 g/mol. The molecule has 0 aromatic heterocycles. The Morgan fingerprint density at radius 1 is 0.962 bits per heavy atom. The summed E-state index contributed by atoms with van der Waals surface area (Å²) in [4.78, 5) is 0. The summed E-state index contributed by atoms with van der Waals surface area (Å²) in [6.07, 6.45) is 17.5. The maximum atomic E-state index is 3.88. The van der Waals surface area contributed by atoms with Gasteiger partial charge in [0.25, 0.3) is 0 Å². The maximum absolute atomic E-state index is 3.88. The van der Waals surface area contributed by atoms with Crippen molar-refractivity contribution in [1.82, 2.24) is 0 Å². The molecule has 0 heteroatoms. The molecule has 2 aliphatic rings. The van der Waals surface area contributed by atoms with Crippen molar-refractivity contribution in [3.05, 3.63) is 132 Å². The van der Waals surface area contributed by atoms with E-state index in [4.69, 9.17) is 0 Å². The van der Waals surface area contributed by atoms with Crippen LogP contribution < -0.4 is 0 Å². The van der Waals surface area contributed by atoms with Crippen molar-refractivity contribution in [2.75, 3.05) is 0 Å². The second-order valence-corrected chi connectivity index (χ2v) is 6.92. The molecular formula is C26H24. The number of hydrogen-bond acceptors (Lipinski definition) is 0. The lowest BCUT2D eigenvalue weighted by Crippen LogP contribution is -2.35. The summed E-state index contributed by atoms with van der Waals surface area (Å²) in [5, 5.41) is 0. The largest absolute Gasteiger partial charge is 0.0991 e. The third-order valence-corrected chi connectivity index (χ3v) is 5.79. The number of allylic oxidation sites excluding steroid dienone is 9. The van der Waals surface area contributed by atoms with Gasteiger partial charge in [-0.3, -0.25) is 0 Å². The van der Waals surface area contributed by atoms with Gasteiger partial charge in [-0.05, 0) is 29.2 Å². The van der Waals surface area contributed by atoms with E-state index >= 15 is 0 Å². The van der Waals surface area contributed by atoms with Gasteiger partial charge in [0, 0.05) is 11.8 Å². The SMILES string of the molecule is C=C/C=C\C(=C/C)C1(c2ccccc2)c2ccccc2C2C=CC=CC21. The normalized spacial score (nSPS) is 26.7. The summed E-state index contributed by atoms with van der Waals surface area (Å²) >= 11 is 0. The molecule has 26 heavy (non-hydrogen) atoms. The van der Waals surface area contributed by atoms with Crippen LogP contribution in [0.4, 0.5) is 0 Å². The Balaban J connectivity index is 2.08. The zero-order chi connectivity index (χ0) is 18.0. The van der Waals surface area contributed by atoms with E-state index in [-0.39, 0.29) is 5.41 Å². The van der Waals surface area contributed by atoms with Crippen molar-refractivity contribution in [2.45, 2.75) is 18.3 Å². The van der Waals surface area contributed by atoms with E-state index in [2.05, 4.69) is 111 Å². The fourth-order valence-corrected chi connectivity index (χ4v) is 4.83. The van der Waals surface area contributed by atoms with E-state index in [1.165, 1.54) is 22.3 Å². The van der Waals surface area contributed by atoms with Crippen LogP contribution in [0.1, 0.15) is 29.5 Å². The van der Waals surface area contributed by atoms with Crippen molar-refractivity contribution in [1.29, 1.82) is 0 Å². The van der Waals surface area contributed by atoms with Gasteiger partial charge in [-0.2, -0.15) is 0 Å². The summed E-state index contributed by atoms with van der Waals surface area (Å²) in [5.74, 6) is 0.774. The Kier molecular flexibility index (Phi) is 4.34. The Morgan fingerprint density at radius 2 is 1.69 bits per heavy atom. The monoisotopic (exact) mass is 336 g/mol. The molecule has 2 aliphatic carbocycles. The second kappa shape index (κ2) is 6.80. The lowest BCUT2D eigenvalue weighted by Gasteiger charge is -2.39. The Labute approximate surface area is 156 Å². The quantitative estimate of drug-likeness (QED) is 0.559. The fourth-order valence-electron chi connectivity index (χ4n) is 4.83. The van der Waals surface area contributed by atoms with Gasteiger partial charge in [-0.15, -0.1) is 0 Å². The molecule has 0 saturated carbocycles. The predicted molar refractivity (Wildman–Crippen MR) is 111 cm³/mol. The van der Waals surface area contributed by atoms with Gasteiger partial charge in [0.15, 0.2) is 0 Å². The molecule has 0 amide bonds. The second-order valence-electron chi connectivity index (χ2n) is 6.92. The third-order valence-electron chi connectivity index (χ3n) is 5.79. The Bertz CT molecular complexity index is 924.